The predicted octanol–water partition coefficient (Wildman–Crippen LogP) is 7.34. The maximum absolute atomic E-state index is 13.0. The Labute approximate surface area is 213 Å². The van der Waals surface area contributed by atoms with E-state index in [1.54, 1.807) is 53.2 Å². The Hall–Kier alpha value is -2.99. The zero-order valence-corrected chi connectivity index (χ0v) is 20.9. The lowest BCUT2D eigenvalue weighted by atomic mass is 10.1. The molecule has 0 aliphatic carbocycles. The van der Waals surface area contributed by atoms with Gasteiger partial charge in [-0.3, -0.25) is 9.48 Å². The molecule has 1 aromatic heterocycles. The Morgan fingerprint density at radius 3 is 2.35 bits per heavy atom. The number of nitrogens with one attached hydrogen (secondary N) is 1. The normalized spacial score (nSPS) is 10.9. The molecule has 0 aliphatic heterocycles. The molecule has 1 amide bonds. The van der Waals surface area contributed by atoms with Gasteiger partial charge in [0.05, 0.1) is 23.6 Å². The van der Waals surface area contributed by atoms with Crippen molar-refractivity contribution in [3.63, 3.8) is 0 Å². The van der Waals surface area contributed by atoms with Gasteiger partial charge >= 0.3 is 0 Å². The van der Waals surface area contributed by atoms with Crippen LogP contribution in [0.2, 0.25) is 15.1 Å². The average molecular weight is 515 g/mol. The summed E-state index contributed by atoms with van der Waals surface area (Å²) in [7, 11) is 0. The first kappa shape index (κ1) is 24.1. The van der Waals surface area contributed by atoms with Crippen molar-refractivity contribution in [1.29, 1.82) is 0 Å². The number of anilines is 1. The van der Waals surface area contributed by atoms with Gasteiger partial charge < -0.3 is 10.1 Å². The molecule has 4 aromatic rings. The van der Waals surface area contributed by atoms with E-state index in [9.17, 15) is 4.79 Å². The van der Waals surface area contributed by atoms with E-state index in [2.05, 4.69) is 10.4 Å². The maximum atomic E-state index is 13.0. The van der Waals surface area contributed by atoms with Crippen LogP contribution >= 0.6 is 34.8 Å². The highest BCUT2D eigenvalue weighted by atomic mass is 35.5. The molecule has 0 bridgehead atoms. The summed E-state index contributed by atoms with van der Waals surface area (Å²) in [6.45, 7) is 4.48. The van der Waals surface area contributed by atoms with Gasteiger partial charge in [-0.15, -0.1) is 0 Å². The van der Waals surface area contributed by atoms with Crippen LogP contribution in [0.5, 0.6) is 5.75 Å². The van der Waals surface area contributed by atoms with Gasteiger partial charge in [-0.25, -0.2) is 0 Å². The molecule has 0 radical (unpaired) electrons. The molecule has 5 nitrogen and oxygen atoms in total. The van der Waals surface area contributed by atoms with Gasteiger partial charge in [0.2, 0.25) is 0 Å². The van der Waals surface area contributed by atoms with E-state index in [1.807, 2.05) is 32.0 Å². The zero-order valence-electron chi connectivity index (χ0n) is 18.6. The molecule has 0 saturated heterocycles. The van der Waals surface area contributed by atoms with Crippen LogP contribution in [0, 0.1) is 13.8 Å². The largest absolute Gasteiger partial charge is 0.489 e. The molecule has 0 fully saturated rings. The SMILES string of the molecule is Cc1nn(Cc2c(Cl)cccc2Cl)c(C)c1NC(=O)c1cccc(COc2ccc(Cl)cc2)c1. The van der Waals surface area contributed by atoms with E-state index in [0.29, 0.717) is 50.9 Å². The van der Waals surface area contributed by atoms with Crippen molar-refractivity contribution in [2.75, 3.05) is 5.32 Å². The number of aromatic nitrogens is 2. The monoisotopic (exact) mass is 513 g/mol. The Morgan fingerprint density at radius 1 is 0.971 bits per heavy atom. The Morgan fingerprint density at radius 2 is 1.65 bits per heavy atom. The average Bonchev–Trinajstić information content (AvgIpc) is 3.08. The van der Waals surface area contributed by atoms with E-state index in [0.717, 1.165) is 16.8 Å². The van der Waals surface area contributed by atoms with E-state index in [1.165, 1.54) is 0 Å². The van der Waals surface area contributed by atoms with Gasteiger partial charge in [0.25, 0.3) is 5.91 Å². The second kappa shape index (κ2) is 10.5. The van der Waals surface area contributed by atoms with Crippen molar-refractivity contribution in [2.24, 2.45) is 0 Å². The third-order valence-corrected chi connectivity index (χ3v) is 6.36. The number of carbonyl (C=O) groups is 1. The number of hydrogen-bond donors (Lipinski definition) is 1. The van der Waals surface area contributed by atoms with E-state index in [-0.39, 0.29) is 5.91 Å². The standard InChI is InChI=1S/C26H22Cl3N3O2/c1-16-25(17(2)32(31-16)14-22-23(28)7-4-8-24(22)29)30-26(33)19-6-3-5-18(13-19)15-34-21-11-9-20(27)10-12-21/h3-13H,14-15H2,1-2H3,(H,30,33). The van der Waals surface area contributed by atoms with Gasteiger partial charge in [0.1, 0.15) is 12.4 Å². The Balaban J connectivity index is 1.47. The number of hydrogen-bond acceptors (Lipinski definition) is 3. The first-order valence-electron chi connectivity index (χ1n) is 10.6. The minimum absolute atomic E-state index is 0.227. The third-order valence-electron chi connectivity index (χ3n) is 5.40. The summed E-state index contributed by atoms with van der Waals surface area (Å²) in [4.78, 5) is 13.0. The fraction of sp³-hybridized carbons (Fsp3) is 0.154. The van der Waals surface area contributed by atoms with Crippen LogP contribution in [0.15, 0.2) is 66.7 Å². The van der Waals surface area contributed by atoms with Crippen molar-refractivity contribution in [2.45, 2.75) is 27.0 Å². The summed E-state index contributed by atoms with van der Waals surface area (Å²) in [5.41, 5.74) is 4.36. The van der Waals surface area contributed by atoms with Gasteiger partial charge in [-0.1, -0.05) is 53.0 Å². The Kier molecular flexibility index (Phi) is 7.47. The van der Waals surface area contributed by atoms with Crippen molar-refractivity contribution in [3.8, 4) is 5.75 Å². The number of carbonyl (C=O) groups excluding carboxylic acids is 1. The minimum Gasteiger partial charge on any atom is -0.489 e. The second-order valence-electron chi connectivity index (χ2n) is 7.80. The highest BCUT2D eigenvalue weighted by molar-refractivity contribution is 6.36. The molecular formula is C26H22Cl3N3O2. The number of rotatable bonds is 7. The predicted molar refractivity (Wildman–Crippen MR) is 137 cm³/mol. The van der Waals surface area contributed by atoms with Crippen LogP contribution < -0.4 is 10.1 Å². The molecule has 174 valence electrons. The fourth-order valence-electron chi connectivity index (χ4n) is 3.55. The summed E-state index contributed by atoms with van der Waals surface area (Å²) in [6.07, 6.45) is 0. The molecule has 1 N–H and O–H groups in total. The zero-order chi connectivity index (χ0) is 24.2. The lowest BCUT2D eigenvalue weighted by molar-refractivity contribution is 0.102. The highest BCUT2D eigenvalue weighted by Crippen LogP contribution is 2.28. The fourth-order valence-corrected chi connectivity index (χ4v) is 4.19. The number of aryl methyl sites for hydroxylation is 1. The minimum atomic E-state index is -0.227. The van der Waals surface area contributed by atoms with Crippen molar-refractivity contribution < 1.29 is 9.53 Å². The molecular weight excluding hydrogens is 493 g/mol. The van der Waals surface area contributed by atoms with Crippen LogP contribution in [-0.2, 0) is 13.2 Å². The molecule has 0 aliphatic rings. The molecule has 4 rings (SSSR count). The molecule has 1 heterocycles. The van der Waals surface area contributed by atoms with Crippen molar-refractivity contribution in [1.82, 2.24) is 9.78 Å². The third kappa shape index (κ3) is 5.55. The Bertz CT molecular complexity index is 1310. The van der Waals surface area contributed by atoms with Gasteiger partial charge in [0.15, 0.2) is 0 Å². The first-order valence-corrected chi connectivity index (χ1v) is 11.7. The number of amides is 1. The van der Waals surface area contributed by atoms with Gasteiger partial charge in [-0.05, 0) is 67.9 Å². The molecule has 0 spiro atoms. The summed E-state index contributed by atoms with van der Waals surface area (Å²) in [5, 5.41) is 9.36. The second-order valence-corrected chi connectivity index (χ2v) is 9.05. The smallest absolute Gasteiger partial charge is 0.255 e. The molecule has 3 aromatic carbocycles. The molecule has 0 saturated carbocycles. The molecule has 8 heteroatoms. The number of nitrogens with zero attached hydrogens (tertiary/aromatic N) is 2. The summed E-state index contributed by atoms with van der Waals surface area (Å²) >= 11 is 18.5. The lowest BCUT2D eigenvalue weighted by Gasteiger charge is -2.10. The number of benzene rings is 3. The van der Waals surface area contributed by atoms with Crippen LogP contribution in [0.25, 0.3) is 0 Å². The van der Waals surface area contributed by atoms with Crippen molar-refractivity contribution >= 4 is 46.4 Å². The van der Waals surface area contributed by atoms with Crippen molar-refractivity contribution in [3.05, 3.63) is 110 Å². The summed E-state index contributed by atoms with van der Waals surface area (Å²) in [5.74, 6) is 0.478. The quantitative estimate of drug-likeness (QED) is 0.281. The van der Waals surface area contributed by atoms with Crippen LogP contribution in [0.1, 0.15) is 32.9 Å². The summed E-state index contributed by atoms with van der Waals surface area (Å²) in [6, 6.07) is 19.8. The lowest BCUT2D eigenvalue weighted by Crippen LogP contribution is -2.14. The maximum Gasteiger partial charge on any atom is 0.255 e. The topological polar surface area (TPSA) is 56.2 Å². The van der Waals surface area contributed by atoms with Gasteiger partial charge in [-0.2, -0.15) is 5.10 Å². The first-order chi connectivity index (χ1) is 16.3. The van der Waals surface area contributed by atoms with E-state index < -0.39 is 0 Å². The number of halogens is 3. The van der Waals surface area contributed by atoms with Gasteiger partial charge in [0, 0.05) is 26.2 Å². The van der Waals surface area contributed by atoms with Crippen LogP contribution in [-0.4, -0.2) is 15.7 Å². The van der Waals surface area contributed by atoms with E-state index in [4.69, 9.17) is 39.5 Å². The summed E-state index contributed by atoms with van der Waals surface area (Å²) < 4.78 is 7.58. The van der Waals surface area contributed by atoms with Crippen LogP contribution in [0.3, 0.4) is 0 Å². The molecule has 34 heavy (non-hydrogen) atoms. The molecule has 0 atom stereocenters. The van der Waals surface area contributed by atoms with Crippen LogP contribution in [0.4, 0.5) is 5.69 Å². The highest BCUT2D eigenvalue weighted by Gasteiger charge is 2.17. The number of ether oxygens (including phenoxy) is 1. The molecule has 0 unspecified atom stereocenters. The van der Waals surface area contributed by atoms with E-state index >= 15 is 0 Å².